The molecule has 1 aromatic rings. The van der Waals surface area contributed by atoms with E-state index in [0.29, 0.717) is 5.84 Å². The van der Waals surface area contributed by atoms with Crippen molar-refractivity contribution in [3.8, 4) is 0 Å². The second kappa shape index (κ2) is 3.68. The van der Waals surface area contributed by atoms with Gasteiger partial charge in [0.05, 0.1) is 0 Å². The largest absolute Gasteiger partial charge is 0.308 e. The summed E-state index contributed by atoms with van der Waals surface area (Å²) >= 11 is 0. The van der Waals surface area contributed by atoms with Crippen LogP contribution in [-0.2, 0) is 0 Å². The van der Waals surface area contributed by atoms with E-state index in [9.17, 15) is 0 Å². The molecular weight excluding hydrogens is 140 g/mol. The van der Waals surface area contributed by atoms with E-state index >= 15 is 0 Å². The Balaban J connectivity index is 2.92. The molecule has 0 radical (unpaired) electrons. The summed E-state index contributed by atoms with van der Waals surface area (Å²) in [6.07, 6.45) is 3.38. The standard InChI is InChI=1S/C7H10N4/c1-9-7(11-8)6-2-4-10-5-3-6/h2-5H,8H2,1H3,(H,9,11). The molecule has 0 aliphatic heterocycles. The number of pyridine rings is 1. The molecule has 0 aliphatic rings. The first-order valence-corrected chi connectivity index (χ1v) is 3.22. The molecule has 58 valence electrons. The third-order valence-electron chi connectivity index (χ3n) is 1.31. The van der Waals surface area contributed by atoms with Crippen LogP contribution < -0.4 is 11.3 Å². The molecule has 4 heteroatoms. The fourth-order valence-electron chi connectivity index (χ4n) is 0.787. The zero-order chi connectivity index (χ0) is 8.10. The van der Waals surface area contributed by atoms with Crippen molar-refractivity contribution < 1.29 is 0 Å². The van der Waals surface area contributed by atoms with Crippen LogP contribution in [0.2, 0.25) is 0 Å². The van der Waals surface area contributed by atoms with E-state index in [4.69, 9.17) is 5.84 Å². The van der Waals surface area contributed by atoms with Gasteiger partial charge in [0.15, 0.2) is 0 Å². The average molecular weight is 150 g/mol. The van der Waals surface area contributed by atoms with E-state index in [1.807, 2.05) is 12.1 Å². The Hall–Kier alpha value is -1.42. The Morgan fingerprint density at radius 2 is 2.18 bits per heavy atom. The van der Waals surface area contributed by atoms with Crippen LogP contribution in [0.1, 0.15) is 5.56 Å². The van der Waals surface area contributed by atoms with Crippen molar-refractivity contribution in [1.29, 1.82) is 0 Å². The minimum atomic E-state index is 0.660. The number of hydrogen-bond acceptors (Lipinski definition) is 3. The first-order valence-electron chi connectivity index (χ1n) is 3.22. The number of nitrogens with one attached hydrogen (secondary N) is 1. The monoisotopic (exact) mass is 150 g/mol. The van der Waals surface area contributed by atoms with Gasteiger partial charge in [0.1, 0.15) is 5.84 Å². The predicted octanol–water partition coefficient (Wildman–Crippen LogP) is -0.0787. The summed E-state index contributed by atoms with van der Waals surface area (Å²) in [6.45, 7) is 0. The zero-order valence-corrected chi connectivity index (χ0v) is 6.28. The van der Waals surface area contributed by atoms with E-state index in [1.165, 1.54) is 0 Å². The van der Waals surface area contributed by atoms with Gasteiger partial charge in [-0.1, -0.05) is 0 Å². The molecule has 0 aromatic carbocycles. The lowest BCUT2D eigenvalue weighted by Gasteiger charge is -2.02. The number of nitrogens with two attached hydrogens (primary N) is 1. The number of amidine groups is 1. The van der Waals surface area contributed by atoms with Gasteiger partial charge in [0.25, 0.3) is 0 Å². The third-order valence-corrected chi connectivity index (χ3v) is 1.31. The van der Waals surface area contributed by atoms with Gasteiger partial charge in [0.2, 0.25) is 0 Å². The van der Waals surface area contributed by atoms with Gasteiger partial charge in [-0.05, 0) is 12.1 Å². The normalized spacial score (nSPS) is 11.3. The Morgan fingerprint density at radius 3 is 2.64 bits per heavy atom. The Morgan fingerprint density at radius 1 is 1.55 bits per heavy atom. The third kappa shape index (κ3) is 1.75. The van der Waals surface area contributed by atoms with Gasteiger partial charge in [-0.15, -0.1) is 0 Å². The van der Waals surface area contributed by atoms with Crippen molar-refractivity contribution in [3.05, 3.63) is 30.1 Å². The van der Waals surface area contributed by atoms with Gasteiger partial charge in [-0.25, -0.2) is 5.84 Å². The highest BCUT2D eigenvalue weighted by Crippen LogP contribution is 1.95. The summed E-state index contributed by atoms with van der Waals surface area (Å²) < 4.78 is 0. The first kappa shape index (κ1) is 7.68. The minimum Gasteiger partial charge on any atom is -0.308 e. The topological polar surface area (TPSA) is 63.3 Å². The van der Waals surface area contributed by atoms with E-state index in [1.54, 1.807) is 19.4 Å². The number of hydrogen-bond donors (Lipinski definition) is 2. The smallest absolute Gasteiger partial charge is 0.142 e. The summed E-state index contributed by atoms with van der Waals surface area (Å²) in [7, 11) is 1.68. The van der Waals surface area contributed by atoms with Crippen molar-refractivity contribution in [3.63, 3.8) is 0 Å². The average Bonchev–Trinajstić information content (AvgIpc) is 2.09. The van der Waals surface area contributed by atoms with Gasteiger partial charge < -0.3 is 5.43 Å². The molecule has 1 heterocycles. The van der Waals surface area contributed by atoms with Gasteiger partial charge in [0, 0.05) is 25.0 Å². The van der Waals surface area contributed by atoms with Crippen LogP contribution in [0.4, 0.5) is 0 Å². The lowest BCUT2D eigenvalue weighted by atomic mass is 10.2. The van der Waals surface area contributed by atoms with Gasteiger partial charge in [-0.2, -0.15) is 0 Å². The lowest BCUT2D eigenvalue weighted by molar-refractivity contribution is 1.02. The molecule has 0 spiro atoms. The molecule has 0 saturated heterocycles. The highest BCUT2D eigenvalue weighted by molar-refractivity contribution is 5.98. The SMILES string of the molecule is CN=C(NN)c1ccncc1. The van der Waals surface area contributed by atoms with Crippen LogP contribution >= 0.6 is 0 Å². The molecule has 1 aromatic heterocycles. The number of aliphatic imine (C=N–C) groups is 1. The fraction of sp³-hybridized carbons (Fsp3) is 0.143. The Kier molecular flexibility index (Phi) is 2.57. The zero-order valence-electron chi connectivity index (χ0n) is 6.28. The van der Waals surface area contributed by atoms with Crippen LogP contribution in [-0.4, -0.2) is 17.9 Å². The Bertz CT molecular complexity index is 242. The number of nitrogens with zero attached hydrogens (tertiary/aromatic N) is 2. The summed E-state index contributed by atoms with van der Waals surface area (Å²) in [6, 6.07) is 3.67. The van der Waals surface area contributed by atoms with Crippen molar-refractivity contribution in [2.75, 3.05) is 7.05 Å². The highest BCUT2D eigenvalue weighted by atomic mass is 15.2. The van der Waals surface area contributed by atoms with Crippen molar-refractivity contribution >= 4 is 5.84 Å². The van der Waals surface area contributed by atoms with Gasteiger partial charge >= 0.3 is 0 Å². The van der Waals surface area contributed by atoms with E-state index in [2.05, 4.69) is 15.4 Å². The molecule has 1 rings (SSSR count). The molecule has 0 fully saturated rings. The highest BCUT2D eigenvalue weighted by Gasteiger charge is 1.96. The van der Waals surface area contributed by atoms with Crippen LogP contribution in [0.25, 0.3) is 0 Å². The molecule has 0 atom stereocenters. The molecule has 0 saturated carbocycles. The van der Waals surface area contributed by atoms with E-state index in [0.717, 1.165) is 5.56 Å². The van der Waals surface area contributed by atoms with Crippen molar-refractivity contribution in [1.82, 2.24) is 10.4 Å². The van der Waals surface area contributed by atoms with Crippen LogP contribution in [0.5, 0.6) is 0 Å². The summed E-state index contributed by atoms with van der Waals surface area (Å²) in [5.41, 5.74) is 3.43. The van der Waals surface area contributed by atoms with Crippen molar-refractivity contribution in [2.24, 2.45) is 10.8 Å². The number of hydrazine groups is 1. The van der Waals surface area contributed by atoms with Crippen molar-refractivity contribution in [2.45, 2.75) is 0 Å². The van der Waals surface area contributed by atoms with Crippen LogP contribution in [0.15, 0.2) is 29.5 Å². The van der Waals surface area contributed by atoms with E-state index in [-0.39, 0.29) is 0 Å². The lowest BCUT2D eigenvalue weighted by Crippen LogP contribution is -2.30. The Labute approximate surface area is 65.1 Å². The molecule has 11 heavy (non-hydrogen) atoms. The molecule has 0 unspecified atom stereocenters. The molecule has 0 aliphatic carbocycles. The number of aromatic nitrogens is 1. The summed E-state index contributed by atoms with van der Waals surface area (Å²) in [5.74, 6) is 5.87. The molecule has 0 amide bonds. The second-order valence-electron chi connectivity index (χ2n) is 1.95. The maximum Gasteiger partial charge on any atom is 0.142 e. The summed E-state index contributed by atoms with van der Waals surface area (Å²) in [4.78, 5) is 7.80. The number of rotatable bonds is 1. The molecular formula is C7H10N4. The summed E-state index contributed by atoms with van der Waals surface area (Å²) in [5, 5.41) is 0. The predicted molar refractivity (Wildman–Crippen MR) is 44.0 cm³/mol. The van der Waals surface area contributed by atoms with Crippen LogP contribution in [0.3, 0.4) is 0 Å². The molecule has 3 N–H and O–H groups in total. The minimum absolute atomic E-state index is 0.660. The van der Waals surface area contributed by atoms with Gasteiger partial charge in [-0.3, -0.25) is 9.98 Å². The first-order chi connectivity index (χ1) is 5.38. The van der Waals surface area contributed by atoms with E-state index < -0.39 is 0 Å². The fourth-order valence-corrected chi connectivity index (χ4v) is 0.787. The maximum absolute atomic E-state index is 5.21. The molecule has 0 bridgehead atoms. The molecule has 4 nitrogen and oxygen atoms in total. The quantitative estimate of drug-likeness (QED) is 0.255. The second-order valence-corrected chi connectivity index (χ2v) is 1.95. The maximum atomic E-state index is 5.21. The van der Waals surface area contributed by atoms with Crippen LogP contribution in [0, 0.1) is 0 Å².